The number of amides is 1. The Balaban J connectivity index is 1.50. The Morgan fingerprint density at radius 3 is 2.69 bits per heavy atom. The van der Waals surface area contributed by atoms with Gasteiger partial charge in [0.25, 0.3) is 0 Å². The van der Waals surface area contributed by atoms with Crippen molar-refractivity contribution in [3.63, 3.8) is 0 Å². The number of anilines is 1. The maximum atomic E-state index is 12.7. The molecule has 0 saturated carbocycles. The van der Waals surface area contributed by atoms with Crippen LogP contribution >= 0.6 is 23.1 Å². The third kappa shape index (κ3) is 3.18. The summed E-state index contributed by atoms with van der Waals surface area (Å²) in [6.07, 6.45) is 0. The maximum absolute atomic E-state index is 12.7. The van der Waals surface area contributed by atoms with E-state index in [4.69, 9.17) is 4.74 Å². The number of nitrogens with one attached hydrogen (secondary N) is 1. The zero-order valence-electron chi connectivity index (χ0n) is 15.2. The van der Waals surface area contributed by atoms with Crippen molar-refractivity contribution in [1.82, 2.24) is 4.57 Å². The van der Waals surface area contributed by atoms with Gasteiger partial charge in [0.15, 0.2) is 0 Å². The molecular weight excluding hydrogens is 408 g/mol. The van der Waals surface area contributed by atoms with E-state index in [1.54, 1.807) is 18.2 Å². The van der Waals surface area contributed by atoms with Gasteiger partial charge in [-0.25, -0.2) is 0 Å². The van der Waals surface area contributed by atoms with Crippen molar-refractivity contribution < 1.29 is 14.3 Å². The second kappa shape index (κ2) is 7.20. The Bertz CT molecular complexity index is 1170. The molecule has 0 spiro atoms. The van der Waals surface area contributed by atoms with Crippen LogP contribution in [0.25, 0.3) is 0 Å². The lowest BCUT2D eigenvalue weighted by atomic mass is 9.83. The third-order valence-electron chi connectivity index (χ3n) is 5.08. The SMILES string of the molecule is O=C(Cn1c2c(sc1=O)C1c3ccccc3OC(=O)C1CS2)Nc1ccccc1. The van der Waals surface area contributed by atoms with Crippen molar-refractivity contribution in [3.8, 4) is 5.75 Å². The number of thioether (sulfide) groups is 1. The molecule has 0 fully saturated rings. The monoisotopic (exact) mass is 424 g/mol. The molecule has 0 radical (unpaired) electrons. The topological polar surface area (TPSA) is 77.4 Å². The number of hydrogen-bond donors (Lipinski definition) is 1. The predicted octanol–water partition coefficient (Wildman–Crippen LogP) is 3.32. The van der Waals surface area contributed by atoms with Gasteiger partial charge in [0.1, 0.15) is 12.3 Å². The summed E-state index contributed by atoms with van der Waals surface area (Å²) in [5.41, 5.74) is 1.60. The van der Waals surface area contributed by atoms with Gasteiger partial charge >= 0.3 is 10.8 Å². The number of carbonyl (C=O) groups is 2. The van der Waals surface area contributed by atoms with Gasteiger partial charge in [-0.3, -0.25) is 19.0 Å². The Morgan fingerprint density at radius 1 is 1.10 bits per heavy atom. The molecular formula is C21H16N2O4S2. The average molecular weight is 425 g/mol. The van der Waals surface area contributed by atoms with E-state index >= 15 is 0 Å². The first kappa shape index (κ1) is 18.2. The molecule has 3 heterocycles. The predicted molar refractivity (Wildman–Crippen MR) is 112 cm³/mol. The van der Waals surface area contributed by atoms with Gasteiger partial charge in [0.2, 0.25) is 5.91 Å². The summed E-state index contributed by atoms with van der Waals surface area (Å²) < 4.78 is 7.00. The highest BCUT2D eigenvalue weighted by Gasteiger charge is 2.44. The smallest absolute Gasteiger partial charge is 0.316 e. The van der Waals surface area contributed by atoms with Crippen molar-refractivity contribution in [1.29, 1.82) is 0 Å². The van der Waals surface area contributed by atoms with Gasteiger partial charge in [-0.1, -0.05) is 47.7 Å². The van der Waals surface area contributed by atoms with Crippen LogP contribution < -0.4 is 14.9 Å². The first-order chi connectivity index (χ1) is 14.1. The number of aromatic nitrogens is 1. The van der Waals surface area contributed by atoms with Crippen LogP contribution in [0, 0.1) is 5.92 Å². The Hall–Kier alpha value is -2.84. The number of nitrogens with zero attached hydrogens (tertiary/aromatic N) is 1. The third-order valence-corrected chi connectivity index (χ3v) is 7.52. The van der Waals surface area contributed by atoms with E-state index in [0.29, 0.717) is 17.2 Å². The molecule has 1 N–H and O–H groups in total. The van der Waals surface area contributed by atoms with Crippen LogP contribution in [0.3, 0.4) is 0 Å². The summed E-state index contributed by atoms with van der Waals surface area (Å²) in [4.78, 5) is 38.4. The highest BCUT2D eigenvalue weighted by molar-refractivity contribution is 7.99. The van der Waals surface area contributed by atoms with Crippen molar-refractivity contribution >= 4 is 40.7 Å². The number of rotatable bonds is 3. The highest BCUT2D eigenvalue weighted by Crippen LogP contribution is 2.50. The van der Waals surface area contributed by atoms with Crippen LogP contribution in [0.4, 0.5) is 5.69 Å². The molecule has 2 aromatic carbocycles. The molecule has 3 aromatic rings. The quantitative estimate of drug-likeness (QED) is 0.516. The zero-order chi connectivity index (χ0) is 20.0. The largest absolute Gasteiger partial charge is 0.426 e. The Labute approximate surface area is 174 Å². The molecule has 6 nitrogen and oxygen atoms in total. The minimum Gasteiger partial charge on any atom is -0.426 e. The number of thiazole rings is 1. The van der Waals surface area contributed by atoms with Crippen molar-refractivity contribution in [3.05, 3.63) is 74.7 Å². The summed E-state index contributed by atoms with van der Waals surface area (Å²) >= 11 is 2.56. The van der Waals surface area contributed by atoms with Crippen molar-refractivity contribution in [2.45, 2.75) is 17.5 Å². The molecule has 2 unspecified atom stereocenters. The molecule has 146 valence electrons. The van der Waals surface area contributed by atoms with Gasteiger partial charge in [-0.15, -0.1) is 11.8 Å². The van der Waals surface area contributed by atoms with Gasteiger partial charge in [0.05, 0.1) is 10.9 Å². The van der Waals surface area contributed by atoms with E-state index in [1.807, 2.05) is 36.4 Å². The second-order valence-electron chi connectivity index (χ2n) is 6.89. The minimum atomic E-state index is -0.327. The van der Waals surface area contributed by atoms with Gasteiger partial charge in [-0.05, 0) is 18.2 Å². The van der Waals surface area contributed by atoms with Crippen LogP contribution in [0.2, 0.25) is 0 Å². The molecule has 0 bridgehead atoms. The van der Waals surface area contributed by atoms with Crippen LogP contribution in [0.5, 0.6) is 5.75 Å². The second-order valence-corrected chi connectivity index (χ2v) is 8.89. The molecule has 2 aliphatic heterocycles. The Kier molecular flexibility index (Phi) is 4.52. The molecule has 5 rings (SSSR count). The molecule has 29 heavy (non-hydrogen) atoms. The lowest BCUT2D eigenvalue weighted by Crippen LogP contribution is -2.36. The van der Waals surface area contributed by atoms with Gasteiger partial charge in [-0.2, -0.15) is 0 Å². The van der Waals surface area contributed by atoms with Crippen LogP contribution in [0.15, 0.2) is 64.4 Å². The molecule has 2 aliphatic rings. The first-order valence-electron chi connectivity index (χ1n) is 9.13. The van der Waals surface area contributed by atoms with Crippen molar-refractivity contribution in [2.24, 2.45) is 5.92 Å². The maximum Gasteiger partial charge on any atom is 0.316 e. The van der Waals surface area contributed by atoms with Gasteiger partial charge < -0.3 is 10.1 Å². The lowest BCUT2D eigenvalue weighted by Gasteiger charge is -2.34. The summed E-state index contributed by atoms with van der Waals surface area (Å²) in [6.45, 7) is -0.0595. The number of ether oxygens (including phenoxy) is 1. The molecule has 8 heteroatoms. The van der Waals surface area contributed by atoms with Crippen molar-refractivity contribution in [2.75, 3.05) is 11.1 Å². The summed E-state index contributed by atoms with van der Waals surface area (Å²) in [5, 5.41) is 3.59. The normalized spacial score (nSPS) is 19.5. The highest BCUT2D eigenvalue weighted by atomic mass is 32.2. The molecule has 1 amide bonds. The van der Waals surface area contributed by atoms with Gasteiger partial charge in [0, 0.05) is 27.8 Å². The molecule has 0 aliphatic carbocycles. The summed E-state index contributed by atoms with van der Waals surface area (Å²) in [7, 11) is 0. The van der Waals surface area contributed by atoms with E-state index in [0.717, 1.165) is 26.8 Å². The summed E-state index contributed by atoms with van der Waals surface area (Å²) in [6, 6.07) is 16.6. The fourth-order valence-corrected chi connectivity index (χ4v) is 6.45. The standard InChI is InChI=1S/C21H16N2O4S2/c24-16(22-12-6-2-1-3-7-12)10-23-19-18(29-21(23)26)17-13-8-4-5-9-15(13)27-20(25)14(17)11-28-19/h1-9,14,17H,10-11H2,(H,22,24). The number of hydrogen-bond acceptors (Lipinski definition) is 6. The molecule has 2 atom stereocenters. The van der Waals surface area contributed by atoms with Crippen LogP contribution in [-0.2, 0) is 16.1 Å². The number of fused-ring (bicyclic) bond motifs is 5. The number of benzene rings is 2. The van der Waals surface area contributed by atoms with E-state index in [2.05, 4.69) is 5.32 Å². The number of para-hydroxylation sites is 2. The molecule has 1 aromatic heterocycles. The molecule has 0 saturated heterocycles. The fourth-order valence-electron chi connectivity index (χ4n) is 3.78. The van der Waals surface area contributed by atoms with E-state index in [1.165, 1.54) is 16.3 Å². The van der Waals surface area contributed by atoms with Crippen LogP contribution in [-0.4, -0.2) is 22.2 Å². The summed E-state index contributed by atoms with van der Waals surface area (Å²) in [5.74, 6) is 0.00486. The van der Waals surface area contributed by atoms with E-state index < -0.39 is 0 Å². The number of esters is 1. The Morgan fingerprint density at radius 2 is 1.86 bits per heavy atom. The minimum absolute atomic E-state index is 0.0595. The van der Waals surface area contributed by atoms with E-state index in [-0.39, 0.29) is 35.1 Å². The van der Waals surface area contributed by atoms with E-state index in [9.17, 15) is 14.4 Å². The fraction of sp³-hybridized carbons (Fsp3) is 0.190. The number of carbonyl (C=O) groups excluding carboxylic acids is 2. The average Bonchev–Trinajstić information content (AvgIpc) is 3.04. The lowest BCUT2D eigenvalue weighted by molar-refractivity contribution is -0.140. The first-order valence-corrected chi connectivity index (χ1v) is 10.9. The zero-order valence-corrected chi connectivity index (χ0v) is 16.8. The van der Waals surface area contributed by atoms with Crippen LogP contribution in [0.1, 0.15) is 16.4 Å².